The Morgan fingerprint density at radius 1 is 1.15 bits per heavy atom. The number of pyridine rings is 1. The highest BCUT2D eigenvalue weighted by Crippen LogP contribution is 2.40. The van der Waals surface area contributed by atoms with Crippen LogP contribution in [0.5, 0.6) is 0 Å². The van der Waals surface area contributed by atoms with E-state index in [0.717, 1.165) is 27.3 Å². The molecule has 1 saturated carbocycles. The summed E-state index contributed by atoms with van der Waals surface area (Å²) in [7, 11) is 0. The first-order chi connectivity index (χ1) is 9.74. The monoisotopic (exact) mass is 327 g/mol. The zero-order valence-electron chi connectivity index (χ0n) is 10.9. The molecule has 0 amide bonds. The van der Waals surface area contributed by atoms with Crippen molar-refractivity contribution < 1.29 is 0 Å². The second-order valence-electron chi connectivity index (χ2n) is 5.29. The molecule has 0 aliphatic heterocycles. The quantitative estimate of drug-likeness (QED) is 0.765. The van der Waals surface area contributed by atoms with Crippen LogP contribution >= 0.6 is 15.9 Å². The molecule has 0 atom stereocenters. The van der Waals surface area contributed by atoms with Gasteiger partial charge in [0.2, 0.25) is 0 Å². The molecule has 4 heteroatoms. The molecule has 1 aliphatic rings. The Bertz CT molecular complexity index is 785. The number of fused-ring (bicyclic) bond motifs is 1. The third-order valence-corrected chi connectivity index (χ3v) is 4.49. The molecular weight excluding hydrogens is 314 g/mol. The third kappa shape index (κ3) is 1.83. The molecule has 2 heterocycles. The number of nitrogen functional groups attached to an aromatic ring is 1. The molecule has 3 nitrogen and oxygen atoms in total. The summed E-state index contributed by atoms with van der Waals surface area (Å²) in [5, 5.41) is 0. The maximum Gasteiger partial charge on any atom is 0.153 e. The summed E-state index contributed by atoms with van der Waals surface area (Å²) in [5.74, 6) is 1.46. The maximum atomic E-state index is 6.23. The fraction of sp³-hybridized carbons (Fsp3) is 0.188. The van der Waals surface area contributed by atoms with E-state index in [1.165, 1.54) is 18.4 Å². The van der Waals surface area contributed by atoms with Crippen LogP contribution in [-0.2, 0) is 0 Å². The second-order valence-corrected chi connectivity index (χ2v) is 6.15. The summed E-state index contributed by atoms with van der Waals surface area (Å²) in [6.07, 6.45) is 4.58. The van der Waals surface area contributed by atoms with Gasteiger partial charge in [0.1, 0.15) is 11.5 Å². The first-order valence-corrected chi connectivity index (χ1v) is 7.56. The van der Waals surface area contributed by atoms with Crippen LogP contribution < -0.4 is 5.73 Å². The predicted molar refractivity (Wildman–Crippen MR) is 84.7 cm³/mol. The molecule has 3 aromatic rings. The number of hydrogen-bond acceptors (Lipinski definition) is 2. The van der Waals surface area contributed by atoms with Gasteiger partial charge in [0.15, 0.2) is 5.65 Å². The highest BCUT2D eigenvalue weighted by Gasteiger charge is 2.23. The van der Waals surface area contributed by atoms with Crippen LogP contribution in [0, 0.1) is 0 Å². The molecule has 0 unspecified atom stereocenters. The Labute approximate surface area is 125 Å². The van der Waals surface area contributed by atoms with E-state index >= 15 is 0 Å². The van der Waals surface area contributed by atoms with E-state index < -0.39 is 0 Å². The summed E-state index contributed by atoms with van der Waals surface area (Å²) in [4.78, 5) is 4.66. The van der Waals surface area contributed by atoms with Crippen LogP contribution in [0.3, 0.4) is 0 Å². The number of nitrogens with zero attached hydrogens (tertiary/aromatic N) is 2. The van der Waals surface area contributed by atoms with Crippen LogP contribution in [-0.4, -0.2) is 9.38 Å². The number of aromatic nitrogens is 2. The Morgan fingerprint density at radius 2 is 1.90 bits per heavy atom. The SMILES string of the molecule is Nc1c(-c2ccc(C3CC3)cc2)nc2c(Br)cccn12. The first-order valence-electron chi connectivity index (χ1n) is 6.76. The lowest BCUT2D eigenvalue weighted by atomic mass is 10.1. The van der Waals surface area contributed by atoms with Crippen molar-refractivity contribution in [2.24, 2.45) is 0 Å². The number of halogens is 1. The van der Waals surface area contributed by atoms with Crippen molar-refractivity contribution >= 4 is 27.4 Å². The van der Waals surface area contributed by atoms with E-state index in [-0.39, 0.29) is 0 Å². The molecule has 0 saturated heterocycles. The zero-order chi connectivity index (χ0) is 13.7. The minimum Gasteiger partial charge on any atom is -0.383 e. The first kappa shape index (κ1) is 12.0. The van der Waals surface area contributed by atoms with Crippen molar-refractivity contribution in [3.8, 4) is 11.3 Å². The smallest absolute Gasteiger partial charge is 0.153 e. The Hall–Kier alpha value is -1.81. The number of hydrogen-bond donors (Lipinski definition) is 1. The van der Waals surface area contributed by atoms with Gasteiger partial charge >= 0.3 is 0 Å². The van der Waals surface area contributed by atoms with Gasteiger partial charge in [-0.05, 0) is 52.4 Å². The summed E-state index contributed by atoms with van der Waals surface area (Å²) < 4.78 is 2.86. The van der Waals surface area contributed by atoms with Gasteiger partial charge in [-0.25, -0.2) is 4.98 Å². The Balaban J connectivity index is 1.84. The fourth-order valence-corrected chi connectivity index (χ4v) is 3.03. The van der Waals surface area contributed by atoms with Crippen LogP contribution in [0.1, 0.15) is 24.3 Å². The Kier molecular flexibility index (Phi) is 2.60. The van der Waals surface area contributed by atoms with Crippen molar-refractivity contribution in [3.63, 3.8) is 0 Å². The highest BCUT2D eigenvalue weighted by molar-refractivity contribution is 9.10. The molecule has 100 valence electrons. The molecule has 1 aromatic carbocycles. The number of imidazole rings is 1. The lowest BCUT2D eigenvalue weighted by Crippen LogP contribution is -1.93. The van der Waals surface area contributed by atoms with Gasteiger partial charge in [-0.1, -0.05) is 24.3 Å². The molecule has 2 N–H and O–H groups in total. The molecule has 20 heavy (non-hydrogen) atoms. The summed E-state index contributed by atoms with van der Waals surface area (Å²) in [5.41, 5.74) is 10.4. The number of rotatable bonds is 2. The summed E-state index contributed by atoms with van der Waals surface area (Å²) in [6, 6.07) is 12.6. The largest absolute Gasteiger partial charge is 0.383 e. The molecule has 0 radical (unpaired) electrons. The Morgan fingerprint density at radius 3 is 2.55 bits per heavy atom. The van der Waals surface area contributed by atoms with Crippen molar-refractivity contribution in [1.29, 1.82) is 0 Å². The standard InChI is InChI=1S/C16H14BrN3/c17-13-2-1-9-20-15(18)14(19-16(13)20)12-7-5-11(6-8-12)10-3-4-10/h1-2,5-10H,3-4,18H2. The van der Waals surface area contributed by atoms with Crippen LogP contribution in [0.25, 0.3) is 16.9 Å². The highest BCUT2D eigenvalue weighted by atomic mass is 79.9. The molecule has 4 rings (SSSR count). The fourth-order valence-electron chi connectivity index (χ4n) is 2.59. The van der Waals surface area contributed by atoms with Gasteiger partial charge in [0.25, 0.3) is 0 Å². The molecule has 1 aliphatic carbocycles. The zero-order valence-corrected chi connectivity index (χ0v) is 12.5. The van der Waals surface area contributed by atoms with Gasteiger partial charge < -0.3 is 5.73 Å². The minimum atomic E-state index is 0.681. The van der Waals surface area contributed by atoms with Gasteiger partial charge in [-0.2, -0.15) is 0 Å². The van der Waals surface area contributed by atoms with Gasteiger partial charge in [-0.15, -0.1) is 0 Å². The van der Waals surface area contributed by atoms with Gasteiger partial charge in [0, 0.05) is 11.8 Å². The van der Waals surface area contributed by atoms with Crippen molar-refractivity contribution in [2.75, 3.05) is 5.73 Å². The van der Waals surface area contributed by atoms with Crippen molar-refractivity contribution in [3.05, 3.63) is 52.6 Å². The second kappa shape index (κ2) is 4.35. The van der Waals surface area contributed by atoms with Gasteiger partial charge in [-0.3, -0.25) is 4.40 Å². The topological polar surface area (TPSA) is 43.3 Å². The number of anilines is 1. The normalized spacial score (nSPS) is 14.8. The molecule has 0 bridgehead atoms. The van der Waals surface area contributed by atoms with E-state index in [0.29, 0.717) is 5.82 Å². The molecule has 1 fully saturated rings. The van der Waals surface area contributed by atoms with E-state index in [1.54, 1.807) is 0 Å². The lowest BCUT2D eigenvalue weighted by molar-refractivity contribution is 1.13. The summed E-state index contributed by atoms with van der Waals surface area (Å²) in [6.45, 7) is 0. The predicted octanol–water partition coefficient (Wildman–Crippen LogP) is 4.22. The van der Waals surface area contributed by atoms with E-state index in [1.807, 2.05) is 22.7 Å². The summed E-state index contributed by atoms with van der Waals surface area (Å²) >= 11 is 3.52. The van der Waals surface area contributed by atoms with Gasteiger partial charge in [0.05, 0.1) is 4.47 Å². The van der Waals surface area contributed by atoms with Crippen molar-refractivity contribution in [2.45, 2.75) is 18.8 Å². The van der Waals surface area contributed by atoms with Crippen molar-refractivity contribution in [1.82, 2.24) is 9.38 Å². The minimum absolute atomic E-state index is 0.681. The molecular formula is C16H14BrN3. The average molecular weight is 328 g/mol. The average Bonchev–Trinajstić information content (AvgIpc) is 3.25. The number of nitrogens with two attached hydrogens (primary N) is 1. The van der Waals surface area contributed by atoms with Crippen LogP contribution in [0.15, 0.2) is 47.1 Å². The number of benzene rings is 1. The third-order valence-electron chi connectivity index (χ3n) is 3.87. The lowest BCUT2D eigenvalue weighted by Gasteiger charge is -2.02. The maximum absolute atomic E-state index is 6.23. The van der Waals surface area contributed by atoms with Crippen LogP contribution in [0.2, 0.25) is 0 Å². The van der Waals surface area contributed by atoms with E-state index in [2.05, 4.69) is 45.2 Å². The van der Waals surface area contributed by atoms with E-state index in [4.69, 9.17) is 5.73 Å². The molecule has 0 spiro atoms. The van der Waals surface area contributed by atoms with E-state index in [9.17, 15) is 0 Å². The van der Waals surface area contributed by atoms with Crippen LogP contribution in [0.4, 0.5) is 5.82 Å². The molecule has 2 aromatic heterocycles.